The zero-order valence-electron chi connectivity index (χ0n) is 5.44. The maximum atomic E-state index is 10.5. The molecule has 1 saturated heterocycles. The summed E-state index contributed by atoms with van der Waals surface area (Å²) < 4.78 is 4.74. The predicted molar refractivity (Wildman–Crippen MR) is 37.8 cm³/mol. The molecular weight excluding hydrogens is 166 g/mol. The van der Waals surface area contributed by atoms with Crippen LogP contribution in [0.1, 0.15) is 11.2 Å². The van der Waals surface area contributed by atoms with Gasteiger partial charge in [0, 0.05) is 0 Å². The number of hydrogen-bond acceptors (Lipinski definition) is 4. The molecule has 0 saturated carbocycles. The van der Waals surface area contributed by atoms with Crippen LogP contribution >= 0.6 is 11.3 Å². The number of nitrogens with one attached hydrogen (secondary N) is 1. The second-order valence-corrected chi connectivity index (χ2v) is 2.95. The van der Waals surface area contributed by atoms with Crippen molar-refractivity contribution in [3.05, 3.63) is 22.4 Å². The second-order valence-electron chi connectivity index (χ2n) is 1.97. The number of rotatable bonds is 1. The Hall–Kier alpha value is -1.07. The van der Waals surface area contributed by atoms with Gasteiger partial charge in [-0.2, -0.15) is 5.48 Å². The maximum Gasteiger partial charge on any atom is 0.434 e. The van der Waals surface area contributed by atoms with E-state index in [4.69, 9.17) is 9.57 Å². The van der Waals surface area contributed by atoms with Crippen molar-refractivity contribution in [3.63, 3.8) is 0 Å². The van der Waals surface area contributed by atoms with Crippen LogP contribution in [0, 0.1) is 0 Å². The fraction of sp³-hybridized carbons (Fsp3) is 0.167. The van der Waals surface area contributed by atoms with E-state index in [1.54, 1.807) is 0 Å². The minimum absolute atomic E-state index is 0.539. The highest BCUT2D eigenvalue weighted by Gasteiger charge is 2.25. The summed E-state index contributed by atoms with van der Waals surface area (Å²) in [6.07, 6.45) is -1.11. The largest absolute Gasteiger partial charge is 0.434 e. The smallest absolute Gasteiger partial charge is 0.411 e. The number of cyclic esters (lactones) is 1. The van der Waals surface area contributed by atoms with Crippen LogP contribution < -0.4 is 5.48 Å². The summed E-state index contributed by atoms with van der Waals surface area (Å²) in [6.45, 7) is 0. The first-order chi connectivity index (χ1) is 5.36. The first-order valence-electron chi connectivity index (χ1n) is 3.02. The summed E-state index contributed by atoms with van der Waals surface area (Å²) in [5.41, 5.74) is 2.10. The molecule has 0 radical (unpaired) electrons. The van der Waals surface area contributed by atoms with Crippen molar-refractivity contribution in [1.82, 2.24) is 5.48 Å². The molecule has 1 amide bonds. The van der Waals surface area contributed by atoms with E-state index >= 15 is 0 Å². The number of ether oxygens (including phenoxy) is 1. The normalized spacial score (nSPS) is 22.9. The molecule has 2 rings (SSSR count). The van der Waals surface area contributed by atoms with Gasteiger partial charge in [-0.3, -0.25) is 0 Å². The van der Waals surface area contributed by atoms with Gasteiger partial charge in [0.2, 0.25) is 0 Å². The van der Waals surface area contributed by atoms with Gasteiger partial charge in [-0.1, -0.05) is 6.07 Å². The van der Waals surface area contributed by atoms with Crippen LogP contribution in [0.3, 0.4) is 0 Å². The minimum Gasteiger partial charge on any atom is -0.411 e. The number of amides is 1. The van der Waals surface area contributed by atoms with Gasteiger partial charge in [0.25, 0.3) is 6.29 Å². The standard InChI is InChI=1S/C6H5NO3S/c8-6-7-10-5(9-6)4-2-1-3-11-4/h1-3,5H,(H,7,8). The summed E-state index contributed by atoms with van der Waals surface area (Å²) in [5.74, 6) is 0. The quantitative estimate of drug-likeness (QED) is 0.695. The van der Waals surface area contributed by atoms with Gasteiger partial charge in [-0.25, -0.2) is 9.63 Å². The molecule has 1 aromatic heterocycles. The molecule has 1 aliphatic rings. The SMILES string of the molecule is O=C1NOC(c2cccs2)O1. The van der Waals surface area contributed by atoms with E-state index in [-0.39, 0.29) is 0 Å². The number of thiophene rings is 1. The Balaban J connectivity index is 2.13. The van der Waals surface area contributed by atoms with Gasteiger partial charge in [0.05, 0.1) is 4.88 Å². The van der Waals surface area contributed by atoms with E-state index in [1.807, 2.05) is 17.5 Å². The Bertz CT molecular complexity index is 259. The highest BCUT2D eigenvalue weighted by Crippen LogP contribution is 2.25. The molecule has 58 valence electrons. The van der Waals surface area contributed by atoms with E-state index in [9.17, 15) is 4.79 Å². The summed E-state index contributed by atoms with van der Waals surface area (Å²) >= 11 is 1.48. The van der Waals surface area contributed by atoms with Gasteiger partial charge in [0.1, 0.15) is 0 Å². The Kier molecular flexibility index (Phi) is 1.52. The molecule has 0 spiro atoms. The van der Waals surface area contributed by atoms with Crippen molar-refractivity contribution in [3.8, 4) is 0 Å². The van der Waals surface area contributed by atoms with Crippen molar-refractivity contribution in [2.45, 2.75) is 6.29 Å². The molecule has 5 heteroatoms. The van der Waals surface area contributed by atoms with Crippen molar-refractivity contribution < 1.29 is 14.4 Å². The van der Waals surface area contributed by atoms with Crippen LogP contribution in [0.25, 0.3) is 0 Å². The van der Waals surface area contributed by atoms with Gasteiger partial charge in [-0.05, 0) is 11.4 Å². The summed E-state index contributed by atoms with van der Waals surface area (Å²) in [5, 5.41) is 1.89. The van der Waals surface area contributed by atoms with E-state index in [0.29, 0.717) is 0 Å². The average molecular weight is 171 g/mol. The summed E-state index contributed by atoms with van der Waals surface area (Å²) in [4.78, 5) is 16.2. The third-order valence-corrected chi connectivity index (χ3v) is 2.13. The Morgan fingerprint density at radius 3 is 3.09 bits per heavy atom. The first kappa shape index (κ1) is 6.63. The molecule has 1 aliphatic heterocycles. The fourth-order valence-corrected chi connectivity index (χ4v) is 1.47. The van der Waals surface area contributed by atoms with Crippen LogP contribution in [-0.2, 0) is 9.57 Å². The van der Waals surface area contributed by atoms with Crippen LogP contribution in [0.15, 0.2) is 17.5 Å². The Morgan fingerprint density at radius 2 is 2.55 bits per heavy atom. The molecule has 0 bridgehead atoms. The number of carbonyl (C=O) groups excluding carboxylic acids is 1. The van der Waals surface area contributed by atoms with E-state index in [2.05, 4.69) is 5.48 Å². The molecule has 4 nitrogen and oxygen atoms in total. The molecule has 1 atom stereocenters. The van der Waals surface area contributed by atoms with E-state index in [0.717, 1.165) is 4.88 Å². The molecule has 1 fully saturated rings. The molecule has 1 aromatic rings. The lowest BCUT2D eigenvalue weighted by atomic mass is 10.5. The van der Waals surface area contributed by atoms with Gasteiger partial charge in [-0.15, -0.1) is 11.3 Å². The highest BCUT2D eigenvalue weighted by molar-refractivity contribution is 7.10. The molecule has 0 aliphatic carbocycles. The lowest BCUT2D eigenvalue weighted by Gasteiger charge is -2.00. The zero-order chi connectivity index (χ0) is 7.68. The number of carbonyl (C=O) groups is 1. The maximum absolute atomic E-state index is 10.5. The molecule has 1 N–H and O–H groups in total. The van der Waals surface area contributed by atoms with Crippen molar-refractivity contribution in [1.29, 1.82) is 0 Å². The van der Waals surface area contributed by atoms with Crippen LogP contribution in [0.5, 0.6) is 0 Å². The zero-order valence-corrected chi connectivity index (χ0v) is 6.26. The van der Waals surface area contributed by atoms with Gasteiger partial charge < -0.3 is 4.74 Å². The van der Waals surface area contributed by atoms with Crippen molar-refractivity contribution >= 4 is 17.4 Å². The van der Waals surface area contributed by atoms with E-state index < -0.39 is 12.4 Å². The molecule has 0 aromatic carbocycles. The lowest BCUT2D eigenvalue weighted by Crippen LogP contribution is -2.09. The fourth-order valence-electron chi connectivity index (χ4n) is 0.788. The van der Waals surface area contributed by atoms with Crippen molar-refractivity contribution in [2.75, 3.05) is 0 Å². The van der Waals surface area contributed by atoms with Gasteiger partial charge in [0.15, 0.2) is 0 Å². The second kappa shape index (κ2) is 2.52. The molecule has 2 heterocycles. The first-order valence-corrected chi connectivity index (χ1v) is 3.90. The predicted octanol–water partition coefficient (Wildman–Crippen LogP) is 1.42. The minimum atomic E-state index is -0.567. The molecule has 1 unspecified atom stereocenters. The summed E-state index contributed by atoms with van der Waals surface area (Å²) in [7, 11) is 0. The summed E-state index contributed by atoms with van der Waals surface area (Å²) in [6, 6.07) is 3.71. The molecule has 11 heavy (non-hydrogen) atoms. The monoisotopic (exact) mass is 171 g/mol. The third kappa shape index (κ3) is 1.20. The van der Waals surface area contributed by atoms with Gasteiger partial charge >= 0.3 is 6.09 Å². The number of hydroxylamine groups is 1. The highest BCUT2D eigenvalue weighted by atomic mass is 32.1. The Morgan fingerprint density at radius 1 is 1.64 bits per heavy atom. The van der Waals surface area contributed by atoms with Crippen LogP contribution in [-0.4, -0.2) is 6.09 Å². The van der Waals surface area contributed by atoms with Crippen molar-refractivity contribution in [2.24, 2.45) is 0 Å². The average Bonchev–Trinajstić information content (AvgIpc) is 2.55. The third-order valence-electron chi connectivity index (χ3n) is 1.24. The Labute approximate surface area is 66.7 Å². The van der Waals surface area contributed by atoms with Crippen LogP contribution in [0.4, 0.5) is 4.79 Å². The van der Waals surface area contributed by atoms with E-state index in [1.165, 1.54) is 11.3 Å². The lowest BCUT2D eigenvalue weighted by molar-refractivity contribution is -0.0579. The topological polar surface area (TPSA) is 47.6 Å². The molecular formula is C6H5NO3S. The number of hydrogen-bond donors (Lipinski definition) is 1. The van der Waals surface area contributed by atoms with Crippen LogP contribution in [0.2, 0.25) is 0 Å².